The van der Waals surface area contributed by atoms with Crippen LogP contribution in [0.3, 0.4) is 0 Å². The number of fused-ring (bicyclic) bond motifs is 1. The highest BCUT2D eigenvalue weighted by molar-refractivity contribution is 7.99. The Hall–Kier alpha value is -0.750. The Morgan fingerprint density at radius 3 is 3.07 bits per heavy atom. The van der Waals surface area contributed by atoms with Crippen LogP contribution in [0, 0.1) is 0 Å². The Balaban J connectivity index is 2.17. The molecule has 0 saturated carbocycles. The standard InChI is InChI=1S/C8H12N2O3S/c11-3-5-8(13)10-1-2-14-4-6(10)7(12)9-5/h5-6,11H,1-4H2,(H,9,12)/t5?,6-/m0/s1. The van der Waals surface area contributed by atoms with Gasteiger partial charge in [-0.15, -0.1) is 0 Å². The molecule has 0 spiro atoms. The molecule has 0 aromatic carbocycles. The van der Waals surface area contributed by atoms with E-state index in [2.05, 4.69) is 5.32 Å². The van der Waals surface area contributed by atoms with E-state index in [1.165, 1.54) is 0 Å². The molecule has 0 aromatic rings. The van der Waals surface area contributed by atoms with Crippen molar-refractivity contribution in [1.29, 1.82) is 0 Å². The molecule has 2 atom stereocenters. The van der Waals surface area contributed by atoms with Crippen LogP contribution in [0.5, 0.6) is 0 Å². The summed E-state index contributed by atoms with van der Waals surface area (Å²) in [6.45, 7) is 0.291. The van der Waals surface area contributed by atoms with Crippen LogP contribution in [0.1, 0.15) is 0 Å². The molecule has 0 bridgehead atoms. The first-order valence-corrected chi connectivity index (χ1v) is 5.69. The van der Waals surface area contributed by atoms with Gasteiger partial charge in [0.15, 0.2) is 0 Å². The van der Waals surface area contributed by atoms with Crippen LogP contribution in [-0.2, 0) is 9.59 Å². The number of rotatable bonds is 1. The fraction of sp³-hybridized carbons (Fsp3) is 0.750. The maximum Gasteiger partial charge on any atom is 0.248 e. The van der Waals surface area contributed by atoms with E-state index in [1.807, 2.05) is 0 Å². The molecule has 2 aliphatic heterocycles. The molecule has 2 saturated heterocycles. The number of carbonyl (C=O) groups excluding carboxylic acids is 2. The summed E-state index contributed by atoms with van der Waals surface area (Å²) in [6, 6.07) is -1.06. The van der Waals surface area contributed by atoms with Gasteiger partial charge in [-0.1, -0.05) is 0 Å². The van der Waals surface area contributed by atoms with Crippen molar-refractivity contribution in [3.63, 3.8) is 0 Å². The number of hydrogen-bond donors (Lipinski definition) is 2. The van der Waals surface area contributed by atoms with E-state index in [0.29, 0.717) is 12.3 Å². The third kappa shape index (κ3) is 1.48. The van der Waals surface area contributed by atoms with Crippen molar-refractivity contribution in [3.05, 3.63) is 0 Å². The number of nitrogens with zero attached hydrogens (tertiary/aromatic N) is 1. The van der Waals surface area contributed by atoms with Gasteiger partial charge in [0.2, 0.25) is 11.8 Å². The van der Waals surface area contributed by atoms with Gasteiger partial charge in [0.1, 0.15) is 12.1 Å². The summed E-state index contributed by atoms with van der Waals surface area (Å²) >= 11 is 1.68. The first-order chi connectivity index (χ1) is 6.74. The van der Waals surface area contributed by atoms with E-state index in [9.17, 15) is 9.59 Å². The molecule has 2 fully saturated rings. The fourth-order valence-corrected chi connectivity index (χ4v) is 2.79. The van der Waals surface area contributed by atoms with Crippen LogP contribution in [0.25, 0.3) is 0 Å². The number of amides is 2. The lowest BCUT2D eigenvalue weighted by atomic mass is 10.1. The predicted octanol–water partition coefficient (Wildman–Crippen LogP) is -1.58. The van der Waals surface area contributed by atoms with Crippen molar-refractivity contribution in [2.75, 3.05) is 24.7 Å². The highest BCUT2D eigenvalue weighted by Gasteiger charge is 2.41. The van der Waals surface area contributed by atoms with E-state index < -0.39 is 6.04 Å². The minimum Gasteiger partial charge on any atom is -0.394 e. The van der Waals surface area contributed by atoms with Crippen LogP contribution in [-0.4, -0.2) is 58.6 Å². The van der Waals surface area contributed by atoms with Crippen LogP contribution in [0.15, 0.2) is 0 Å². The highest BCUT2D eigenvalue weighted by atomic mass is 32.2. The Kier molecular flexibility index (Phi) is 2.64. The number of piperazine rings is 1. The zero-order valence-corrected chi connectivity index (χ0v) is 8.42. The van der Waals surface area contributed by atoms with E-state index in [4.69, 9.17) is 5.11 Å². The Bertz CT molecular complexity index is 271. The minimum atomic E-state index is -0.734. The summed E-state index contributed by atoms with van der Waals surface area (Å²) < 4.78 is 0. The molecule has 14 heavy (non-hydrogen) atoms. The van der Waals surface area contributed by atoms with Crippen molar-refractivity contribution in [2.24, 2.45) is 0 Å². The average molecular weight is 216 g/mol. The number of aliphatic hydroxyl groups is 1. The molecule has 0 aromatic heterocycles. The lowest BCUT2D eigenvalue weighted by Crippen LogP contribution is -2.66. The zero-order chi connectivity index (χ0) is 10.1. The molecular weight excluding hydrogens is 204 g/mol. The summed E-state index contributed by atoms with van der Waals surface area (Å²) in [5, 5.41) is 11.4. The Morgan fingerprint density at radius 1 is 1.57 bits per heavy atom. The maximum absolute atomic E-state index is 11.7. The lowest BCUT2D eigenvalue weighted by molar-refractivity contribution is -0.149. The van der Waals surface area contributed by atoms with E-state index >= 15 is 0 Å². The van der Waals surface area contributed by atoms with Gasteiger partial charge in [0, 0.05) is 18.1 Å². The smallest absolute Gasteiger partial charge is 0.248 e. The molecule has 78 valence electrons. The number of hydrogen-bond acceptors (Lipinski definition) is 4. The fourth-order valence-electron chi connectivity index (χ4n) is 1.74. The van der Waals surface area contributed by atoms with Crippen molar-refractivity contribution < 1.29 is 14.7 Å². The van der Waals surface area contributed by atoms with Crippen molar-refractivity contribution in [2.45, 2.75) is 12.1 Å². The van der Waals surface area contributed by atoms with Crippen LogP contribution >= 0.6 is 11.8 Å². The largest absolute Gasteiger partial charge is 0.394 e. The number of aliphatic hydroxyl groups excluding tert-OH is 1. The van der Waals surface area contributed by atoms with Gasteiger partial charge in [-0.25, -0.2) is 0 Å². The monoisotopic (exact) mass is 216 g/mol. The Morgan fingerprint density at radius 2 is 2.36 bits per heavy atom. The normalized spacial score (nSPS) is 32.5. The van der Waals surface area contributed by atoms with Gasteiger partial charge < -0.3 is 15.3 Å². The summed E-state index contributed by atoms with van der Waals surface area (Å²) in [6.07, 6.45) is 0. The maximum atomic E-state index is 11.7. The first-order valence-electron chi connectivity index (χ1n) is 4.53. The summed E-state index contributed by atoms with van der Waals surface area (Å²) in [5.74, 6) is 1.23. The molecule has 2 rings (SSSR count). The molecule has 1 unspecified atom stereocenters. The van der Waals surface area contributed by atoms with Gasteiger partial charge in [0.25, 0.3) is 0 Å². The molecule has 2 amide bonds. The Labute approximate surface area is 85.8 Å². The van der Waals surface area contributed by atoms with Gasteiger partial charge in [0.05, 0.1) is 6.61 Å². The number of nitrogens with one attached hydrogen (secondary N) is 1. The topological polar surface area (TPSA) is 69.6 Å². The van der Waals surface area contributed by atoms with Crippen molar-refractivity contribution >= 4 is 23.6 Å². The third-order valence-corrected chi connectivity index (χ3v) is 3.53. The summed E-state index contributed by atoms with van der Waals surface area (Å²) in [5.41, 5.74) is 0. The molecule has 0 radical (unpaired) electrons. The molecule has 0 aliphatic carbocycles. The molecule has 2 heterocycles. The molecular formula is C8H12N2O3S. The zero-order valence-electron chi connectivity index (χ0n) is 7.60. The second-order valence-corrected chi connectivity index (χ2v) is 4.52. The van der Waals surface area contributed by atoms with E-state index in [0.717, 1.165) is 5.75 Å². The average Bonchev–Trinajstić information content (AvgIpc) is 2.23. The number of thioether (sulfide) groups is 1. The van der Waals surface area contributed by atoms with E-state index in [-0.39, 0.29) is 24.5 Å². The van der Waals surface area contributed by atoms with Crippen LogP contribution < -0.4 is 5.32 Å². The second-order valence-electron chi connectivity index (χ2n) is 3.37. The lowest BCUT2D eigenvalue weighted by Gasteiger charge is -2.40. The first kappa shape index (κ1) is 9.79. The van der Waals surface area contributed by atoms with E-state index in [1.54, 1.807) is 16.7 Å². The van der Waals surface area contributed by atoms with Crippen molar-refractivity contribution in [3.8, 4) is 0 Å². The SMILES string of the molecule is O=C1NC(CO)C(=O)N2CCSC[C@@H]12. The van der Waals surface area contributed by atoms with Gasteiger partial charge in [-0.3, -0.25) is 9.59 Å². The minimum absolute atomic E-state index is 0.143. The molecule has 2 aliphatic rings. The van der Waals surface area contributed by atoms with Gasteiger partial charge in [-0.2, -0.15) is 11.8 Å². The highest BCUT2D eigenvalue weighted by Crippen LogP contribution is 2.20. The van der Waals surface area contributed by atoms with Crippen LogP contribution in [0.2, 0.25) is 0 Å². The van der Waals surface area contributed by atoms with Gasteiger partial charge >= 0.3 is 0 Å². The summed E-state index contributed by atoms with van der Waals surface area (Å²) in [4.78, 5) is 24.8. The van der Waals surface area contributed by atoms with Gasteiger partial charge in [-0.05, 0) is 0 Å². The molecule has 2 N–H and O–H groups in total. The quantitative estimate of drug-likeness (QED) is 0.555. The number of carbonyl (C=O) groups is 2. The second kappa shape index (κ2) is 3.78. The van der Waals surface area contributed by atoms with Crippen molar-refractivity contribution in [1.82, 2.24) is 10.2 Å². The molecule has 5 nitrogen and oxygen atoms in total. The summed E-state index contributed by atoms with van der Waals surface area (Å²) in [7, 11) is 0. The molecule has 6 heteroatoms. The predicted molar refractivity (Wildman–Crippen MR) is 51.8 cm³/mol. The third-order valence-electron chi connectivity index (χ3n) is 2.51. The van der Waals surface area contributed by atoms with Crippen LogP contribution in [0.4, 0.5) is 0 Å².